The molecule has 0 amide bonds. The molecule has 1 aromatic heterocycles. The Hall–Kier alpha value is -0.380. The SMILES string of the molecule is CCNC(CCc1cccs1)C(OCC)C1CC1. The quantitative estimate of drug-likeness (QED) is 0.739. The van der Waals surface area contributed by atoms with E-state index in [1.165, 1.54) is 30.6 Å². The van der Waals surface area contributed by atoms with E-state index in [2.05, 4.69) is 36.7 Å². The van der Waals surface area contributed by atoms with E-state index in [0.29, 0.717) is 12.1 Å². The van der Waals surface area contributed by atoms with Crippen LogP contribution in [-0.4, -0.2) is 25.3 Å². The lowest BCUT2D eigenvalue weighted by Gasteiger charge is -2.27. The zero-order valence-corrected chi connectivity index (χ0v) is 12.3. The fourth-order valence-corrected chi connectivity index (χ4v) is 3.32. The lowest BCUT2D eigenvalue weighted by molar-refractivity contribution is 0.0175. The van der Waals surface area contributed by atoms with E-state index in [4.69, 9.17) is 4.74 Å². The van der Waals surface area contributed by atoms with Crippen LogP contribution in [0.1, 0.15) is 38.0 Å². The molecule has 18 heavy (non-hydrogen) atoms. The minimum Gasteiger partial charge on any atom is -0.377 e. The van der Waals surface area contributed by atoms with Crippen molar-refractivity contribution in [3.63, 3.8) is 0 Å². The summed E-state index contributed by atoms with van der Waals surface area (Å²) >= 11 is 1.86. The van der Waals surface area contributed by atoms with Crippen molar-refractivity contribution in [1.82, 2.24) is 5.32 Å². The van der Waals surface area contributed by atoms with E-state index in [0.717, 1.165) is 19.1 Å². The molecule has 1 aliphatic carbocycles. The van der Waals surface area contributed by atoms with Crippen molar-refractivity contribution in [2.45, 2.75) is 51.7 Å². The fraction of sp³-hybridized carbons (Fsp3) is 0.733. The van der Waals surface area contributed by atoms with Gasteiger partial charge in [0.1, 0.15) is 0 Å². The number of hydrogen-bond donors (Lipinski definition) is 1. The first-order chi connectivity index (χ1) is 8.85. The van der Waals surface area contributed by atoms with Crippen molar-refractivity contribution in [2.24, 2.45) is 5.92 Å². The average Bonchev–Trinajstić information content (AvgIpc) is 3.08. The molecule has 3 heteroatoms. The maximum Gasteiger partial charge on any atom is 0.0756 e. The molecule has 1 aromatic rings. The van der Waals surface area contributed by atoms with E-state index in [9.17, 15) is 0 Å². The fourth-order valence-electron chi connectivity index (χ4n) is 2.60. The molecule has 0 spiro atoms. The highest BCUT2D eigenvalue weighted by atomic mass is 32.1. The van der Waals surface area contributed by atoms with Crippen LogP contribution in [0.2, 0.25) is 0 Å². The topological polar surface area (TPSA) is 21.3 Å². The first-order valence-electron chi connectivity index (χ1n) is 7.22. The van der Waals surface area contributed by atoms with Gasteiger partial charge in [-0.25, -0.2) is 0 Å². The largest absolute Gasteiger partial charge is 0.377 e. The van der Waals surface area contributed by atoms with Gasteiger partial charge in [-0.2, -0.15) is 0 Å². The van der Waals surface area contributed by atoms with E-state index >= 15 is 0 Å². The number of hydrogen-bond acceptors (Lipinski definition) is 3. The minimum absolute atomic E-state index is 0.426. The number of ether oxygens (including phenoxy) is 1. The number of rotatable bonds is 9. The van der Waals surface area contributed by atoms with E-state index in [-0.39, 0.29) is 0 Å². The van der Waals surface area contributed by atoms with Gasteiger partial charge in [-0.3, -0.25) is 0 Å². The third kappa shape index (κ3) is 4.08. The summed E-state index contributed by atoms with van der Waals surface area (Å²) < 4.78 is 5.99. The highest BCUT2D eigenvalue weighted by Gasteiger charge is 2.36. The molecule has 0 aromatic carbocycles. The first-order valence-corrected chi connectivity index (χ1v) is 8.10. The van der Waals surface area contributed by atoms with Crippen LogP contribution in [0.4, 0.5) is 0 Å². The van der Waals surface area contributed by atoms with Gasteiger partial charge >= 0.3 is 0 Å². The van der Waals surface area contributed by atoms with Gasteiger partial charge in [0.25, 0.3) is 0 Å². The van der Waals surface area contributed by atoms with Gasteiger partial charge in [-0.15, -0.1) is 11.3 Å². The number of thiophene rings is 1. The highest BCUT2D eigenvalue weighted by Crippen LogP contribution is 2.36. The molecule has 1 saturated carbocycles. The van der Waals surface area contributed by atoms with Crippen molar-refractivity contribution < 1.29 is 4.74 Å². The number of aryl methyl sites for hydroxylation is 1. The van der Waals surface area contributed by atoms with Crippen LogP contribution in [-0.2, 0) is 11.2 Å². The Labute approximate surface area is 115 Å². The molecule has 1 N–H and O–H groups in total. The summed E-state index contributed by atoms with van der Waals surface area (Å²) in [6, 6.07) is 4.90. The smallest absolute Gasteiger partial charge is 0.0756 e. The van der Waals surface area contributed by atoms with Crippen molar-refractivity contribution in [3.8, 4) is 0 Å². The van der Waals surface area contributed by atoms with E-state index in [1.54, 1.807) is 0 Å². The van der Waals surface area contributed by atoms with Crippen LogP contribution in [0.5, 0.6) is 0 Å². The third-order valence-corrected chi connectivity index (χ3v) is 4.53. The van der Waals surface area contributed by atoms with Crippen LogP contribution in [0.3, 0.4) is 0 Å². The minimum atomic E-state index is 0.426. The first kappa shape index (κ1) is 14.0. The lowest BCUT2D eigenvalue weighted by Crippen LogP contribution is -2.43. The van der Waals surface area contributed by atoms with E-state index < -0.39 is 0 Å². The predicted octanol–water partition coefficient (Wildman–Crippen LogP) is 3.47. The Morgan fingerprint density at radius 1 is 1.44 bits per heavy atom. The van der Waals surface area contributed by atoms with Crippen LogP contribution in [0, 0.1) is 5.92 Å². The van der Waals surface area contributed by atoms with Gasteiger partial charge < -0.3 is 10.1 Å². The molecular weight excluding hydrogens is 242 g/mol. The number of likely N-dealkylation sites (N-methyl/N-ethyl adjacent to an activating group) is 1. The van der Waals surface area contributed by atoms with Crippen molar-refractivity contribution in [1.29, 1.82) is 0 Å². The summed E-state index contributed by atoms with van der Waals surface area (Å²) in [6.07, 6.45) is 5.49. The van der Waals surface area contributed by atoms with Crippen LogP contribution in [0.15, 0.2) is 17.5 Å². The zero-order valence-electron chi connectivity index (χ0n) is 11.5. The second-order valence-corrected chi connectivity index (χ2v) is 6.07. The van der Waals surface area contributed by atoms with Gasteiger partial charge in [-0.1, -0.05) is 13.0 Å². The van der Waals surface area contributed by atoms with Gasteiger partial charge in [-0.05, 0) is 56.5 Å². The second kappa shape index (κ2) is 7.27. The average molecular weight is 267 g/mol. The Morgan fingerprint density at radius 3 is 2.83 bits per heavy atom. The molecule has 2 unspecified atom stereocenters. The Morgan fingerprint density at radius 2 is 2.28 bits per heavy atom. The van der Waals surface area contributed by atoms with Crippen LogP contribution < -0.4 is 5.32 Å². The van der Waals surface area contributed by atoms with Crippen molar-refractivity contribution >= 4 is 11.3 Å². The molecule has 2 nitrogen and oxygen atoms in total. The van der Waals surface area contributed by atoms with Gasteiger partial charge in [0, 0.05) is 17.5 Å². The van der Waals surface area contributed by atoms with Gasteiger partial charge in [0.05, 0.1) is 6.10 Å². The lowest BCUT2D eigenvalue weighted by atomic mass is 10.0. The molecule has 0 saturated heterocycles. The van der Waals surface area contributed by atoms with Crippen molar-refractivity contribution in [3.05, 3.63) is 22.4 Å². The zero-order chi connectivity index (χ0) is 12.8. The molecule has 102 valence electrons. The maximum absolute atomic E-state index is 5.99. The molecule has 0 radical (unpaired) electrons. The Bertz CT molecular complexity index is 321. The third-order valence-electron chi connectivity index (χ3n) is 3.59. The summed E-state index contributed by atoms with van der Waals surface area (Å²) in [5, 5.41) is 5.80. The summed E-state index contributed by atoms with van der Waals surface area (Å²) in [4.78, 5) is 1.49. The molecule has 1 aliphatic rings. The van der Waals surface area contributed by atoms with Crippen LogP contribution >= 0.6 is 11.3 Å². The molecule has 2 atom stereocenters. The Kier molecular flexibility index (Phi) is 5.67. The van der Waals surface area contributed by atoms with E-state index in [1.807, 2.05) is 11.3 Å². The highest BCUT2D eigenvalue weighted by molar-refractivity contribution is 7.09. The summed E-state index contributed by atoms with van der Waals surface area (Å²) in [5.41, 5.74) is 0. The molecule has 0 bridgehead atoms. The van der Waals surface area contributed by atoms with Gasteiger partial charge in [0.2, 0.25) is 0 Å². The summed E-state index contributed by atoms with van der Waals surface area (Å²) in [6.45, 7) is 6.17. The summed E-state index contributed by atoms with van der Waals surface area (Å²) in [5.74, 6) is 0.803. The summed E-state index contributed by atoms with van der Waals surface area (Å²) in [7, 11) is 0. The van der Waals surface area contributed by atoms with Crippen LogP contribution in [0.25, 0.3) is 0 Å². The predicted molar refractivity (Wildman–Crippen MR) is 78.2 cm³/mol. The second-order valence-electron chi connectivity index (χ2n) is 5.04. The standard InChI is InChI=1S/C15H25NOS/c1-3-16-14(10-9-13-6-5-11-18-13)15(17-4-2)12-7-8-12/h5-6,11-12,14-16H,3-4,7-10H2,1-2H3. The Balaban J connectivity index is 1.88. The monoisotopic (exact) mass is 267 g/mol. The maximum atomic E-state index is 5.99. The van der Waals surface area contributed by atoms with Gasteiger partial charge in [0.15, 0.2) is 0 Å². The molecule has 0 aliphatic heterocycles. The number of nitrogens with one attached hydrogen (secondary N) is 1. The van der Waals surface area contributed by atoms with Crippen molar-refractivity contribution in [2.75, 3.05) is 13.2 Å². The molecule has 1 heterocycles. The molecule has 1 fully saturated rings. The molecular formula is C15H25NOS. The normalized spacial score (nSPS) is 18.8. The molecule has 2 rings (SSSR count).